The minimum Gasteiger partial charge on any atom is -0.383 e. The highest BCUT2D eigenvalue weighted by Gasteiger charge is 2.27. The van der Waals surface area contributed by atoms with Gasteiger partial charge >= 0.3 is 0 Å². The molecule has 6 heteroatoms. The normalized spacial score (nSPS) is 18.1. The summed E-state index contributed by atoms with van der Waals surface area (Å²) in [5.41, 5.74) is 1.07. The van der Waals surface area contributed by atoms with Crippen LogP contribution in [0.25, 0.3) is 0 Å². The highest BCUT2D eigenvalue weighted by molar-refractivity contribution is 5.86. The van der Waals surface area contributed by atoms with Gasteiger partial charge in [-0.05, 0) is 5.56 Å². The van der Waals surface area contributed by atoms with Crippen molar-refractivity contribution in [3.8, 4) is 0 Å². The van der Waals surface area contributed by atoms with Crippen LogP contribution in [-0.4, -0.2) is 56.1 Å². The van der Waals surface area contributed by atoms with Gasteiger partial charge in [-0.2, -0.15) is 0 Å². The maximum absolute atomic E-state index is 12.6. The average molecular weight is 291 g/mol. The van der Waals surface area contributed by atoms with E-state index in [0.29, 0.717) is 26.2 Å². The minimum absolute atomic E-state index is 0.0177. The van der Waals surface area contributed by atoms with Gasteiger partial charge in [0.15, 0.2) is 0 Å². The fraction of sp³-hybridized carbons (Fsp3) is 0.467. The van der Waals surface area contributed by atoms with Crippen LogP contribution in [0.15, 0.2) is 30.3 Å². The number of benzene rings is 1. The molecule has 1 aromatic carbocycles. The second kappa shape index (κ2) is 7.75. The largest absolute Gasteiger partial charge is 0.383 e. The summed E-state index contributed by atoms with van der Waals surface area (Å²) < 4.78 is 5.08. The Labute approximate surface area is 124 Å². The number of carbonyl (C=O) groups excluding carboxylic acids is 2. The number of hydrogen-bond donors (Lipinski definition) is 2. The van der Waals surface area contributed by atoms with Crippen LogP contribution in [-0.2, 0) is 20.9 Å². The summed E-state index contributed by atoms with van der Waals surface area (Å²) in [5, 5.41) is 5.67. The number of ether oxygens (including phenoxy) is 1. The van der Waals surface area contributed by atoms with Crippen molar-refractivity contribution in [3.63, 3.8) is 0 Å². The smallest absolute Gasteiger partial charge is 0.241 e. The number of hydrogen-bond acceptors (Lipinski definition) is 4. The summed E-state index contributed by atoms with van der Waals surface area (Å²) in [4.78, 5) is 25.5. The molecule has 0 saturated carbocycles. The molecule has 2 N–H and O–H groups in total. The maximum Gasteiger partial charge on any atom is 0.241 e. The van der Waals surface area contributed by atoms with E-state index in [1.54, 1.807) is 12.0 Å². The van der Waals surface area contributed by atoms with Crippen LogP contribution in [0.5, 0.6) is 0 Å². The van der Waals surface area contributed by atoms with Crippen molar-refractivity contribution < 1.29 is 14.3 Å². The highest BCUT2D eigenvalue weighted by atomic mass is 16.5. The Balaban J connectivity index is 2.00. The lowest BCUT2D eigenvalue weighted by atomic mass is 10.1. The molecular formula is C15H21N3O3. The second-order valence-electron chi connectivity index (χ2n) is 4.98. The van der Waals surface area contributed by atoms with E-state index < -0.39 is 0 Å². The molecule has 0 spiro atoms. The molecule has 1 heterocycles. The predicted molar refractivity (Wildman–Crippen MR) is 78.5 cm³/mol. The van der Waals surface area contributed by atoms with E-state index in [0.717, 1.165) is 5.56 Å². The molecule has 1 aromatic rings. The molecule has 6 nitrogen and oxygen atoms in total. The lowest BCUT2D eigenvalue weighted by molar-refractivity contribution is -0.136. The van der Waals surface area contributed by atoms with Crippen molar-refractivity contribution in [3.05, 3.63) is 35.9 Å². The van der Waals surface area contributed by atoms with Gasteiger partial charge in [0, 0.05) is 26.7 Å². The van der Waals surface area contributed by atoms with E-state index in [1.807, 2.05) is 30.3 Å². The molecule has 21 heavy (non-hydrogen) atoms. The molecule has 0 radical (unpaired) electrons. The van der Waals surface area contributed by atoms with Crippen molar-refractivity contribution in [2.75, 3.05) is 33.4 Å². The van der Waals surface area contributed by atoms with Crippen molar-refractivity contribution in [1.82, 2.24) is 15.5 Å². The lowest BCUT2D eigenvalue weighted by Crippen LogP contribution is -2.58. The number of piperazine rings is 1. The lowest BCUT2D eigenvalue weighted by Gasteiger charge is -2.30. The Bertz CT molecular complexity index is 468. The van der Waals surface area contributed by atoms with Crippen molar-refractivity contribution in [1.29, 1.82) is 0 Å². The third kappa shape index (κ3) is 4.54. The molecule has 2 amide bonds. The zero-order valence-electron chi connectivity index (χ0n) is 12.2. The second-order valence-corrected chi connectivity index (χ2v) is 4.98. The molecule has 2 rings (SSSR count). The van der Waals surface area contributed by atoms with Gasteiger partial charge in [0.1, 0.15) is 6.04 Å². The quantitative estimate of drug-likeness (QED) is 0.758. The van der Waals surface area contributed by atoms with E-state index in [2.05, 4.69) is 10.6 Å². The first-order chi connectivity index (χ1) is 10.2. The number of nitrogens with one attached hydrogen (secondary N) is 2. The minimum atomic E-state index is -0.372. The van der Waals surface area contributed by atoms with E-state index >= 15 is 0 Å². The molecular weight excluding hydrogens is 270 g/mol. The van der Waals surface area contributed by atoms with Crippen LogP contribution < -0.4 is 10.6 Å². The number of nitrogens with zero attached hydrogens (tertiary/aromatic N) is 1. The third-order valence-corrected chi connectivity index (χ3v) is 3.40. The fourth-order valence-corrected chi connectivity index (χ4v) is 2.23. The molecule has 0 aliphatic carbocycles. The van der Waals surface area contributed by atoms with Crippen LogP contribution >= 0.6 is 0 Å². The van der Waals surface area contributed by atoms with Crippen LogP contribution in [0.3, 0.4) is 0 Å². The summed E-state index contributed by atoms with van der Waals surface area (Å²) in [5.74, 6) is -0.0959. The van der Waals surface area contributed by atoms with Crippen molar-refractivity contribution >= 4 is 11.8 Å². The average Bonchev–Trinajstić information content (AvgIpc) is 2.52. The predicted octanol–water partition coefficient (Wildman–Crippen LogP) is -0.250. The zero-order valence-corrected chi connectivity index (χ0v) is 12.2. The molecule has 1 aliphatic heterocycles. The SMILES string of the molecule is COCCN(Cc1ccccc1)C(=O)C1CNC(=O)CN1. The van der Waals surface area contributed by atoms with E-state index in [4.69, 9.17) is 4.74 Å². The van der Waals surface area contributed by atoms with Crippen LogP contribution in [0.2, 0.25) is 0 Å². The van der Waals surface area contributed by atoms with Crippen molar-refractivity contribution in [2.45, 2.75) is 12.6 Å². The molecule has 0 bridgehead atoms. The first-order valence-electron chi connectivity index (χ1n) is 7.02. The zero-order chi connectivity index (χ0) is 15.1. The molecule has 1 unspecified atom stereocenters. The summed E-state index contributed by atoms with van der Waals surface area (Å²) in [6.07, 6.45) is 0. The van der Waals surface area contributed by atoms with Crippen LogP contribution in [0.4, 0.5) is 0 Å². The Morgan fingerprint density at radius 3 is 2.76 bits per heavy atom. The monoisotopic (exact) mass is 291 g/mol. The van der Waals surface area contributed by atoms with Gasteiger partial charge in [-0.1, -0.05) is 30.3 Å². The number of methoxy groups -OCH3 is 1. The maximum atomic E-state index is 12.6. The fourth-order valence-electron chi connectivity index (χ4n) is 2.23. The number of amides is 2. The summed E-state index contributed by atoms with van der Waals surface area (Å²) >= 11 is 0. The summed E-state index contributed by atoms with van der Waals surface area (Å²) in [6, 6.07) is 9.46. The van der Waals surface area contributed by atoms with Gasteiger partial charge in [-0.3, -0.25) is 14.9 Å². The van der Waals surface area contributed by atoms with Gasteiger partial charge in [-0.15, -0.1) is 0 Å². The molecule has 1 saturated heterocycles. The molecule has 1 fully saturated rings. The topological polar surface area (TPSA) is 70.7 Å². The summed E-state index contributed by atoms with van der Waals surface area (Å²) in [7, 11) is 1.62. The highest BCUT2D eigenvalue weighted by Crippen LogP contribution is 2.07. The van der Waals surface area contributed by atoms with Gasteiger partial charge < -0.3 is 15.0 Å². The van der Waals surface area contributed by atoms with Crippen LogP contribution in [0.1, 0.15) is 5.56 Å². The Morgan fingerprint density at radius 1 is 1.38 bits per heavy atom. The van der Waals surface area contributed by atoms with Crippen molar-refractivity contribution in [2.24, 2.45) is 0 Å². The standard InChI is InChI=1S/C15H21N3O3/c1-21-8-7-18(11-12-5-3-2-4-6-12)15(20)13-9-17-14(19)10-16-13/h2-6,13,16H,7-11H2,1H3,(H,17,19). The molecule has 114 valence electrons. The van der Waals surface area contributed by atoms with Crippen LogP contribution in [0, 0.1) is 0 Å². The van der Waals surface area contributed by atoms with E-state index in [1.165, 1.54) is 0 Å². The first kappa shape index (κ1) is 15.5. The number of carbonyl (C=O) groups is 2. The van der Waals surface area contributed by atoms with Gasteiger partial charge in [0.25, 0.3) is 0 Å². The van der Waals surface area contributed by atoms with E-state index in [-0.39, 0.29) is 24.4 Å². The first-order valence-corrected chi connectivity index (χ1v) is 7.02. The van der Waals surface area contributed by atoms with Gasteiger partial charge in [-0.25, -0.2) is 0 Å². The third-order valence-electron chi connectivity index (χ3n) is 3.40. The van der Waals surface area contributed by atoms with Gasteiger partial charge in [0.2, 0.25) is 11.8 Å². The van der Waals surface area contributed by atoms with E-state index in [9.17, 15) is 9.59 Å². The summed E-state index contributed by atoms with van der Waals surface area (Å²) in [6.45, 7) is 2.05. The molecule has 0 aromatic heterocycles. The Morgan fingerprint density at radius 2 is 2.14 bits per heavy atom. The molecule has 1 aliphatic rings. The van der Waals surface area contributed by atoms with Gasteiger partial charge in [0.05, 0.1) is 13.2 Å². The Hall–Kier alpha value is -1.92. The molecule has 1 atom stereocenters. The number of rotatable bonds is 6. The Kier molecular flexibility index (Phi) is 5.71.